The van der Waals surface area contributed by atoms with Crippen LogP contribution in [0.15, 0.2) is 42.0 Å². The highest BCUT2D eigenvalue weighted by atomic mass is 19.1. The fourth-order valence-corrected chi connectivity index (χ4v) is 2.53. The van der Waals surface area contributed by atoms with E-state index < -0.39 is 5.82 Å². The third-order valence-corrected chi connectivity index (χ3v) is 3.70. The zero-order valence-corrected chi connectivity index (χ0v) is 13.4. The molecule has 0 saturated heterocycles. The van der Waals surface area contributed by atoms with Crippen LogP contribution >= 0.6 is 0 Å². The van der Waals surface area contributed by atoms with Gasteiger partial charge in [0.2, 0.25) is 0 Å². The molecule has 5 nitrogen and oxygen atoms in total. The van der Waals surface area contributed by atoms with Crippen molar-refractivity contribution in [2.24, 2.45) is 0 Å². The number of para-hydroxylation sites is 1. The lowest BCUT2D eigenvalue weighted by Gasteiger charge is -2.19. The Hall–Kier alpha value is -3.33. The van der Waals surface area contributed by atoms with E-state index in [2.05, 4.69) is 0 Å². The van der Waals surface area contributed by atoms with Crippen molar-refractivity contribution < 1.29 is 23.4 Å². The van der Waals surface area contributed by atoms with Gasteiger partial charge in [-0.05, 0) is 35.9 Å². The van der Waals surface area contributed by atoms with E-state index in [0.29, 0.717) is 22.6 Å². The van der Waals surface area contributed by atoms with Crippen LogP contribution in [0.4, 0.5) is 4.39 Å². The Morgan fingerprint density at radius 3 is 2.92 bits per heavy atom. The molecule has 25 heavy (non-hydrogen) atoms. The predicted molar refractivity (Wildman–Crippen MR) is 88.3 cm³/mol. The predicted octanol–water partition coefficient (Wildman–Crippen LogP) is 3.40. The first-order chi connectivity index (χ1) is 12.1. The molecule has 0 bridgehead atoms. The zero-order valence-electron chi connectivity index (χ0n) is 13.4. The first kappa shape index (κ1) is 16.5. The third kappa shape index (κ3) is 3.31. The maximum Gasteiger partial charge on any atom is 0.196 e. The Morgan fingerprint density at radius 1 is 1.32 bits per heavy atom. The summed E-state index contributed by atoms with van der Waals surface area (Å²) in [6, 6.07) is 11.2. The maximum absolute atomic E-state index is 13.7. The lowest BCUT2D eigenvalue weighted by atomic mass is 9.98. The first-order valence-corrected chi connectivity index (χ1v) is 7.48. The fraction of sp³-hybridized carbons (Fsp3) is 0.158. The molecule has 0 unspecified atom stereocenters. The summed E-state index contributed by atoms with van der Waals surface area (Å²) in [7, 11) is 1.49. The first-order valence-electron chi connectivity index (χ1n) is 7.48. The molecule has 0 N–H and O–H groups in total. The normalized spacial score (nSPS) is 14.4. The molecule has 1 aliphatic heterocycles. The van der Waals surface area contributed by atoms with E-state index in [1.807, 2.05) is 6.07 Å². The van der Waals surface area contributed by atoms with Gasteiger partial charge in [0.15, 0.2) is 35.5 Å². The molecule has 0 aromatic heterocycles. The standard InChI is InChI=1S/C19H14FNO4/c1-23-17-10-12(5-6-16(17)24-8-7-21)9-13-11-25-19-14(18(13)22)3-2-4-15(19)20/h2-6,9-10H,8,11H2,1H3. The van der Waals surface area contributed by atoms with Gasteiger partial charge < -0.3 is 14.2 Å². The molecule has 0 saturated carbocycles. The van der Waals surface area contributed by atoms with Crippen molar-refractivity contribution in [3.63, 3.8) is 0 Å². The van der Waals surface area contributed by atoms with E-state index in [-0.39, 0.29) is 30.3 Å². The van der Waals surface area contributed by atoms with Crippen LogP contribution in [0.1, 0.15) is 15.9 Å². The number of ether oxygens (including phenoxy) is 3. The lowest BCUT2D eigenvalue weighted by molar-refractivity contribution is 0.0998. The Bertz CT molecular complexity index is 899. The van der Waals surface area contributed by atoms with Crippen molar-refractivity contribution in [3.05, 3.63) is 58.9 Å². The number of nitriles is 1. The average Bonchev–Trinajstić information content (AvgIpc) is 2.63. The second-order valence-corrected chi connectivity index (χ2v) is 5.26. The van der Waals surface area contributed by atoms with Crippen molar-refractivity contribution >= 4 is 11.9 Å². The summed E-state index contributed by atoms with van der Waals surface area (Å²) in [5.41, 5.74) is 1.32. The minimum Gasteiger partial charge on any atom is -0.493 e. The molecule has 0 amide bonds. The Kier molecular flexibility index (Phi) is 4.66. The third-order valence-electron chi connectivity index (χ3n) is 3.70. The van der Waals surface area contributed by atoms with Crippen molar-refractivity contribution in [1.29, 1.82) is 5.26 Å². The fourth-order valence-electron chi connectivity index (χ4n) is 2.53. The van der Waals surface area contributed by atoms with Crippen LogP contribution in [-0.2, 0) is 0 Å². The van der Waals surface area contributed by atoms with Crippen LogP contribution in [0.3, 0.4) is 0 Å². The number of methoxy groups -OCH3 is 1. The van der Waals surface area contributed by atoms with Crippen molar-refractivity contribution in [2.75, 3.05) is 20.3 Å². The highest BCUT2D eigenvalue weighted by Gasteiger charge is 2.25. The SMILES string of the molecule is COc1cc(C=C2COc3c(F)cccc3C2=O)ccc1OCC#N. The molecule has 0 atom stereocenters. The van der Waals surface area contributed by atoms with Gasteiger partial charge in [-0.15, -0.1) is 0 Å². The molecule has 1 aliphatic rings. The highest BCUT2D eigenvalue weighted by Crippen LogP contribution is 2.32. The van der Waals surface area contributed by atoms with Gasteiger partial charge in [0.25, 0.3) is 0 Å². The van der Waals surface area contributed by atoms with Gasteiger partial charge in [0.05, 0.1) is 12.7 Å². The number of nitrogens with zero attached hydrogens (tertiary/aromatic N) is 1. The number of carbonyl (C=O) groups excluding carboxylic acids is 1. The average molecular weight is 339 g/mol. The summed E-state index contributed by atoms with van der Waals surface area (Å²) in [5.74, 6) is 0.0441. The number of Topliss-reactive ketones (excluding diaryl/α,β-unsaturated/α-hetero) is 1. The van der Waals surface area contributed by atoms with E-state index in [9.17, 15) is 9.18 Å². The topological polar surface area (TPSA) is 68.6 Å². The monoisotopic (exact) mass is 339 g/mol. The minimum absolute atomic E-state index is 0.0116. The molecule has 0 radical (unpaired) electrons. The molecule has 0 spiro atoms. The van der Waals surface area contributed by atoms with E-state index in [0.717, 1.165) is 0 Å². The summed E-state index contributed by atoms with van der Waals surface area (Å²) in [4.78, 5) is 12.5. The summed E-state index contributed by atoms with van der Waals surface area (Å²) in [6.07, 6.45) is 1.66. The molecule has 126 valence electrons. The van der Waals surface area contributed by atoms with Crippen LogP contribution in [0, 0.1) is 17.1 Å². The second-order valence-electron chi connectivity index (χ2n) is 5.26. The van der Waals surface area contributed by atoms with E-state index in [4.69, 9.17) is 19.5 Å². The molecular weight excluding hydrogens is 325 g/mol. The van der Waals surface area contributed by atoms with Crippen LogP contribution < -0.4 is 14.2 Å². The number of hydrogen-bond donors (Lipinski definition) is 0. The van der Waals surface area contributed by atoms with Crippen molar-refractivity contribution in [3.8, 4) is 23.3 Å². The van der Waals surface area contributed by atoms with Crippen LogP contribution in [0.25, 0.3) is 6.08 Å². The summed E-state index contributed by atoms with van der Waals surface area (Å²) in [6.45, 7) is -0.104. The number of halogens is 1. The Morgan fingerprint density at radius 2 is 2.16 bits per heavy atom. The number of fused-ring (bicyclic) bond motifs is 1. The molecule has 0 fully saturated rings. The number of hydrogen-bond acceptors (Lipinski definition) is 5. The number of ketones is 1. The minimum atomic E-state index is -0.550. The molecule has 1 heterocycles. The maximum atomic E-state index is 13.7. The number of rotatable bonds is 4. The summed E-state index contributed by atoms with van der Waals surface area (Å²) in [5, 5.41) is 8.59. The highest BCUT2D eigenvalue weighted by molar-refractivity contribution is 6.14. The number of benzene rings is 2. The molecule has 6 heteroatoms. The van der Waals surface area contributed by atoms with Gasteiger partial charge in [0, 0.05) is 5.57 Å². The van der Waals surface area contributed by atoms with Crippen LogP contribution in [0.5, 0.6) is 17.2 Å². The largest absolute Gasteiger partial charge is 0.493 e. The van der Waals surface area contributed by atoms with Crippen molar-refractivity contribution in [2.45, 2.75) is 0 Å². The summed E-state index contributed by atoms with van der Waals surface area (Å²) < 4.78 is 29.6. The quantitative estimate of drug-likeness (QED) is 0.799. The van der Waals surface area contributed by atoms with E-state index in [1.165, 1.54) is 25.3 Å². The number of carbonyl (C=O) groups is 1. The Balaban J connectivity index is 1.91. The van der Waals surface area contributed by atoms with E-state index in [1.54, 1.807) is 24.3 Å². The van der Waals surface area contributed by atoms with Crippen molar-refractivity contribution in [1.82, 2.24) is 0 Å². The second kappa shape index (κ2) is 7.05. The molecule has 2 aromatic carbocycles. The van der Waals surface area contributed by atoms with Crippen LogP contribution in [-0.4, -0.2) is 26.1 Å². The summed E-state index contributed by atoms with van der Waals surface area (Å²) >= 11 is 0. The Labute approximate surface area is 143 Å². The van der Waals surface area contributed by atoms with E-state index >= 15 is 0 Å². The van der Waals surface area contributed by atoms with Gasteiger partial charge in [-0.2, -0.15) is 5.26 Å². The molecule has 2 aromatic rings. The van der Waals surface area contributed by atoms with Gasteiger partial charge >= 0.3 is 0 Å². The van der Waals surface area contributed by atoms with Gasteiger partial charge in [-0.3, -0.25) is 4.79 Å². The molecular formula is C19H14FNO4. The van der Waals surface area contributed by atoms with Crippen LogP contribution in [0.2, 0.25) is 0 Å². The molecule has 0 aliphatic carbocycles. The molecule has 3 rings (SSSR count). The lowest BCUT2D eigenvalue weighted by Crippen LogP contribution is -2.19. The van der Waals surface area contributed by atoms with Gasteiger partial charge in [-0.25, -0.2) is 4.39 Å². The van der Waals surface area contributed by atoms with Gasteiger partial charge in [-0.1, -0.05) is 12.1 Å². The van der Waals surface area contributed by atoms with Gasteiger partial charge in [0.1, 0.15) is 12.7 Å². The smallest absolute Gasteiger partial charge is 0.196 e. The zero-order chi connectivity index (χ0) is 17.8.